The normalized spacial score (nSPS) is 19.9. The minimum Gasteiger partial charge on any atom is -0.481 e. The second-order valence-electron chi connectivity index (χ2n) is 8.83. The summed E-state index contributed by atoms with van der Waals surface area (Å²) in [7, 11) is 0. The molecule has 7 nitrogen and oxygen atoms in total. The molecule has 3 unspecified atom stereocenters. The number of carbonyl (C=O) groups is 3. The highest BCUT2D eigenvalue weighted by Gasteiger charge is 2.33. The third-order valence-electron chi connectivity index (χ3n) is 6.78. The fraction of sp³-hybridized carbons (Fsp3) is 0.423. The Kier molecular flexibility index (Phi) is 6.96. The minimum atomic E-state index is -0.857. The van der Waals surface area contributed by atoms with Gasteiger partial charge in [0.1, 0.15) is 12.6 Å². The molecule has 0 saturated heterocycles. The van der Waals surface area contributed by atoms with Gasteiger partial charge in [0.15, 0.2) is 0 Å². The number of aliphatic carboxylic acids is 1. The molecule has 0 aliphatic heterocycles. The molecule has 0 aromatic heterocycles. The predicted octanol–water partition coefficient (Wildman–Crippen LogP) is 4.06. The van der Waals surface area contributed by atoms with Crippen molar-refractivity contribution in [1.29, 1.82) is 0 Å². The average molecular weight is 451 g/mol. The van der Waals surface area contributed by atoms with E-state index in [9.17, 15) is 14.4 Å². The van der Waals surface area contributed by atoms with E-state index in [1.807, 2.05) is 31.2 Å². The number of carbonyl (C=O) groups excluding carboxylic acids is 2. The van der Waals surface area contributed by atoms with E-state index in [1.54, 1.807) is 0 Å². The van der Waals surface area contributed by atoms with Crippen molar-refractivity contribution in [2.45, 2.75) is 57.0 Å². The summed E-state index contributed by atoms with van der Waals surface area (Å²) in [4.78, 5) is 36.4. The highest BCUT2D eigenvalue weighted by Crippen LogP contribution is 2.44. The lowest BCUT2D eigenvalue weighted by atomic mass is 9.98. The first-order chi connectivity index (χ1) is 16.0. The van der Waals surface area contributed by atoms with Crippen molar-refractivity contribution in [3.05, 3.63) is 59.7 Å². The summed E-state index contributed by atoms with van der Waals surface area (Å²) in [5, 5.41) is 14.7. The van der Waals surface area contributed by atoms with E-state index in [2.05, 4.69) is 34.9 Å². The zero-order chi connectivity index (χ0) is 23.4. The standard InChI is InChI=1S/C26H30N2O5/c1-2-22(25(31)27-23-13-7-8-16(23)14-24(29)30)28-26(32)33-15-21-19-11-5-3-9-17(19)18-10-4-6-12-20(18)21/h3-6,9-12,16,21-23H,2,7-8,13-15H2,1H3,(H,27,31)(H,28,32)(H,29,30). The van der Waals surface area contributed by atoms with E-state index < -0.39 is 18.1 Å². The maximum absolute atomic E-state index is 12.8. The highest BCUT2D eigenvalue weighted by molar-refractivity contribution is 5.86. The summed E-state index contributed by atoms with van der Waals surface area (Å²) >= 11 is 0. The third-order valence-corrected chi connectivity index (χ3v) is 6.78. The monoisotopic (exact) mass is 450 g/mol. The van der Waals surface area contributed by atoms with Crippen molar-refractivity contribution < 1.29 is 24.2 Å². The van der Waals surface area contributed by atoms with E-state index >= 15 is 0 Å². The molecule has 1 fully saturated rings. The zero-order valence-electron chi connectivity index (χ0n) is 18.8. The van der Waals surface area contributed by atoms with Crippen molar-refractivity contribution in [1.82, 2.24) is 10.6 Å². The summed E-state index contributed by atoms with van der Waals surface area (Å²) in [6, 6.07) is 15.3. The van der Waals surface area contributed by atoms with Gasteiger partial charge in [-0.05, 0) is 47.4 Å². The molecule has 33 heavy (non-hydrogen) atoms. The molecular weight excluding hydrogens is 420 g/mol. The number of hydrogen-bond donors (Lipinski definition) is 3. The Balaban J connectivity index is 1.34. The molecular formula is C26H30N2O5. The minimum absolute atomic E-state index is 0.0432. The first-order valence-corrected chi connectivity index (χ1v) is 11.6. The molecule has 2 aromatic carbocycles. The number of nitrogens with one attached hydrogen (secondary N) is 2. The van der Waals surface area contributed by atoms with Crippen LogP contribution in [0.4, 0.5) is 4.79 Å². The molecule has 1 saturated carbocycles. The van der Waals surface area contributed by atoms with Crippen molar-refractivity contribution in [3.8, 4) is 11.1 Å². The van der Waals surface area contributed by atoms with E-state index in [0.717, 1.165) is 41.5 Å². The molecule has 4 rings (SSSR count). The van der Waals surface area contributed by atoms with Crippen LogP contribution in [0.15, 0.2) is 48.5 Å². The highest BCUT2D eigenvalue weighted by atomic mass is 16.5. The molecule has 0 bridgehead atoms. The molecule has 0 radical (unpaired) electrons. The van der Waals surface area contributed by atoms with Crippen LogP contribution < -0.4 is 10.6 Å². The molecule has 2 aliphatic rings. The quantitative estimate of drug-likeness (QED) is 0.563. The lowest BCUT2D eigenvalue weighted by Gasteiger charge is -2.23. The Morgan fingerprint density at radius 1 is 1.03 bits per heavy atom. The zero-order valence-corrected chi connectivity index (χ0v) is 18.8. The van der Waals surface area contributed by atoms with Gasteiger partial charge in [0.2, 0.25) is 5.91 Å². The first kappa shape index (κ1) is 22.8. The van der Waals surface area contributed by atoms with E-state index in [4.69, 9.17) is 9.84 Å². The second kappa shape index (κ2) is 10.1. The fourth-order valence-corrected chi connectivity index (χ4v) is 5.11. The maximum Gasteiger partial charge on any atom is 0.407 e. The molecule has 2 amide bonds. The van der Waals surface area contributed by atoms with Gasteiger partial charge in [-0.1, -0.05) is 61.9 Å². The van der Waals surface area contributed by atoms with Crippen LogP contribution in [-0.4, -0.2) is 41.8 Å². The summed E-state index contributed by atoms with van der Waals surface area (Å²) in [5.41, 5.74) is 4.56. The van der Waals surface area contributed by atoms with Gasteiger partial charge in [-0.3, -0.25) is 9.59 Å². The van der Waals surface area contributed by atoms with Gasteiger partial charge < -0.3 is 20.5 Å². The lowest BCUT2D eigenvalue weighted by Crippen LogP contribution is -2.50. The topological polar surface area (TPSA) is 105 Å². The van der Waals surface area contributed by atoms with Crippen LogP contribution in [0.25, 0.3) is 11.1 Å². The SMILES string of the molecule is CCC(NC(=O)OCC1c2ccccc2-c2ccccc21)C(=O)NC1CCCC1CC(=O)O. The summed E-state index contributed by atoms with van der Waals surface area (Å²) in [5.74, 6) is -1.27. The third kappa shape index (κ3) is 5.02. The largest absolute Gasteiger partial charge is 0.481 e. The Morgan fingerprint density at radius 3 is 2.27 bits per heavy atom. The summed E-state index contributed by atoms with van der Waals surface area (Å²) < 4.78 is 5.56. The first-order valence-electron chi connectivity index (χ1n) is 11.6. The molecule has 3 N–H and O–H groups in total. The molecule has 174 valence electrons. The van der Waals surface area contributed by atoms with E-state index in [0.29, 0.717) is 6.42 Å². The Hall–Kier alpha value is -3.35. The number of fused-ring (bicyclic) bond motifs is 3. The van der Waals surface area contributed by atoms with Crippen LogP contribution in [0.5, 0.6) is 0 Å². The average Bonchev–Trinajstić information content (AvgIpc) is 3.37. The van der Waals surface area contributed by atoms with Gasteiger partial charge in [-0.2, -0.15) is 0 Å². The van der Waals surface area contributed by atoms with Gasteiger partial charge in [-0.15, -0.1) is 0 Å². The Labute approximate surface area is 193 Å². The van der Waals surface area contributed by atoms with E-state index in [-0.39, 0.29) is 36.8 Å². The molecule has 2 aromatic rings. The van der Waals surface area contributed by atoms with Crippen LogP contribution >= 0.6 is 0 Å². The number of amides is 2. The van der Waals surface area contributed by atoms with Crippen molar-refractivity contribution in [2.24, 2.45) is 5.92 Å². The number of alkyl carbamates (subject to hydrolysis) is 1. The van der Waals surface area contributed by atoms with Gasteiger partial charge in [0.25, 0.3) is 0 Å². The Morgan fingerprint density at radius 2 is 1.67 bits per heavy atom. The molecule has 7 heteroatoms. The van der Waals surface area contributed by atoms with Crippen LogP contribution in [-0.2, 0) is 14.3 Å². The summed E-state index contributed by atoms with van der Waals surface area (Å²) in [6.07, 6.45) is 2.25. The molecule has 0 spiro atoms. The molecule has 2 aliphatic carbocycles. The Bertz CT molecular complexity index is 991. The number of carboxylic acid groups (broad SMARTS) is 1. The number of benzene rings is 2. The number of hydrogen-bond acceptors (Lipinski definition) is 4. The van der Waals surface area contributed by atoms with Gasteiger partial charge in [0.05, 0.1) is 6.42 Å². The van der Waals surface area contributed by atoms with E-state index in [1.165, 1.54) is 0 Å². The maximum atomic E-state index is 12.8. The lowest BCUT2D eigenvalue weighted by molar-refractivity contribution is -0.138. The second-order valence-corrected chi connectivity index (χ2v) is 8.83. The van der Waals surface area contributed by atoms with Crippen molar-refractivity contribution in [3.63, 3.8) is 0 Å². The van der Waals surface area contributed by atoms with Crippen LogP contribution in [0.3, 0.4) is 0 Å². The van der Waals surface area contributed by atoms with Crippen LogP contribution in [0, 0.1) is 5.92 Å². The smallest absolute Gasteiger partial charge is 0.407 e. The van der Waals surface area contributed by atoms with Crippen molar-refractivity contribution in [2.75, 3.05) is 6.61 Å². The van der Waals surface area contributed by atoms with Gasteiger partial charge in [0, 0.05) is 12.0 Å². The number of ether oxygens (including phenoxy) is 1. The molecule has 3 atom stereocenters. The van der Waals surface area contributed by atoms with Crippen LogP contribution in [0.2, 0.25) is 0 Å². The van der Waals surface area contributed by atoms with Gasteiger partial charge >= 0.3 is 12.1 Å². The van der Waals surface area contributed by atoms with Gasteiger partial charge in [-0.25, -0.2) is 4.79 Å². The number of carboxylic acids is 1. The summed E-state index contributed by atoms with van der Waals surface area (Å²) in [6.45, 7) is 2.00. The number of rotatable bonds is 8. The predicted molar refractivity (Wildman–Crippen MR) is 124 cm³/mol. The van der Waals surface area contributed by atoms with Crippen molar-refractivity contribution >= 4 is 18.0 Å². The molecule has 0 heterocycles. The van der Waals surface area contributed by atoms with Crippen LogP contribution in [0.1, 0.15) is 56.1 Å². The fourth-order valence-electron chi connectivity index (χ4n) is 5.11.